The zero-order chi connectivity index (χ0) is 16.6. The maximum absolute atomic E-state index is 11.9. The molecule has 0 spiro atoms. The summed E-state index contributed by atoms with van der Waals surface area (Å²) in [7, 11) is 0. The quantitative estimate of drug-likeness (QED) is 0.739. The zero-order valence-electron chi connectivity index (χ0n) is 14.4. The Balaban J connectivity index is 0.00000225. The number of rotatable bonds is 7. The summed E-state index contributed by atoms with van der Waals surface area (Å²) in [5.74, 6) is 0.687. The van der Waals surface area contributed by atoms with Crippen LogP contribution in [0.15, 0.2) is 42.5 Å². The molecule has 0 atom stereocenters. The molecule has 6 heteroatoms. The van der Waals surface area contributed by atoms with Crippen LogP contribution in [0.5, 0.6) is 5.75 Å². The first-order valence-electron chi connectivity index (χ1n) is 8.63. The number of halogens is 1. The molecule has 0 radical (unpaired) electrons. The van der Waals surface area contributed by atoms with Crippen LogP contribution in [0.3, 0.4) is 0 Å². The fourth-order valence-corrected chi connectivity index (χ4v) is 2.98. The summed E-state index contributed by atoms with van der Waals surface area (Å²) in [5, 5.41) is 8.43. The summed E-state index contributed by atoms with van der Waals surface area (Å²) in [6.07, 6.45) is 0.972. The Morgan fingerprint density at radius 3 is 2.72 bits per heavy atom. The van der Waals surface area contributed by atoms with Crippen molar-refractivity contribution in [1.82, 2.24) is 15.5 Å². The molecule has 1 aliphatic heterocycles. The van der Waals surface area contributed by atoms with E-state index in [4.69, 9.17) is 4.74 Å². The molecule has 3 rings (SSSR count). The molecular weight excluding hydrogens is 338 g/mol. The van der Waals surface area contributed by atoms with E-state index in [0.717, 1.165) is 55.7 Å². The minimum absolute atomic E-state index is 0. The monoisotopic (exact) mass is 363 g/mol. The van der Waals surface area contributed by atoms with Crippen molar-refractivity contribution < 1.29 is 9.53 Å². The molecule has 1 amide bonds. The molecule has 25 heavy (non-hydrogen) atoms. The van der Waals surface area contributed by atoms with Gasteiger partial charge in [-0.3, -0.25) is 4.79 Å². The molecule has 136 valence electrons. The first-order valence-corrected chi connectivity index (χ1v) is 8.63. The van der Waals surface area contributed by atoms with Crippen LogP contribution in [0, 0.1) is 0 Å². The molecule has 0 aliphatic carbocycles. The molecule has 1 aliphatic rings. The van der Waals surface area contributed by atoms with Crippen LogP contribution in [0.4, 0.5) is 0 Å². The van der Waals surface area contributed by atoms with Gasteiger partial charge in [0.15, 0.2) is 6.61 Å². The van der Waals surface area contributed by atoms with Gasteiger partial charge in [0, 0.05) is 38.1 Å². The number of hydrogen-bond donors (Lipinski definition) is 2. The highest BCUT2D eigenvalue weighted by Crippen LogP contribution is 2.24. The molecule has 0 unspecified atom stereocenters. The molecule has 0 aromatic heterocycles. The number of ether oxygens (including phenoxy) is 1. The Labute approximate surface area is 155 Å². The number of fused-ring (bicyclic) bond motifs is 1. The Morgan fingerprint density at radius 1 is 1.12 bits per heavy atom. The van der Waals surface area contributed by atoms with E-state index in [1.165, 1.54) is 0 Å². The zero-order valence-corrected chi connectivity index (χ0v) is 15.2. The molecule has 0 saturated carbocycles. The number of nitrogens with zero attached hydrogens (tertiary/aromatic N) is 1. The SMILES string of the molecule is Cl.O=C(COc1cccc2ccccc12)NCCCN1CCNCC1. The lowest BCUT2D eigenvalue weighted by Gasteiger charge is -2.27. The average molecular weight is 364 g/mol. The van der Waals surface area contributed by atoms with E-state index in [-0.39, 0.29) is 24.9 Å². The molecule has 1 heterocycles. The Morgan fingerprint density at radius 2 is 1.88 bits per heavy atom. The molecule has 5 nitrogen and oxygen atoms in total. The predicted molar refractivity (Wildman–Crippen MR) is 104 cm³/mol. The van der Waals surface area contributed by atoms with Crippen molar-refractivity contribution in [3.8, 4) is 5.75 Å². The fraction of sp³-hybridized carbons (Fsp3) is 0.421. The first-order chi connectivity index (χ1) is 11.8. The Hall–Kier alpha value is -1.82. The van der Waals surface area contributed by atoms with Crippen molar-refractivity contribution in [2.45, 2.75) is 6.42 Å². The van der Waals surface area contributed by atoms with Crippen molar-refractivity contribution in [3.05, 3.63) is 42.5 Å². The van der Waals surface area contributed by atoms with Gasteiger partial charge in [0.05, 0.1) is 0 Å². The van der Waals surface area contributed by atoms with Crippen molar-refractivity contribution >= 4 is 29.1 Å². The minimum atomic E-state index is -0.0664. The van der Waals surface area contributed by atoms with Gasteiger partial charge < -0.3 is 20.3 Å². The minimum Gasteiger partial charge on any atom is -0.483 e. The summed E-state index contributed by atoms with van der Waals surface area (Å²) in [5.41, 5.74) is 0. The van der Waals surface area contributed by atoms with Crippen molar-refractivity contribution in [1.29, 1.82) is 0 Å². The second kappa shape index (κ2) is 10.2. The second-order valence-electron chi connectivity index (χ2n) is 6.06. The maximum Gasteiger partial charge on any atom is 0.257 e. The van der Waals surface area contributed by atoms with E-state index in [1.54, 1.807) is 0 Å². The number of nitrogens with one attached hydrogen (secondary N) is 2. The molecule has 0 bridgehead atoms. The van der Waals surface area contributed by atoms with Crippen LogP contribution in [-0.4, -0.2) is 56.7 Å². The van der Waals surface area contributed by atoms with Crippen molar-refractivity contribution in [2.75, 3.05) is 45.9 Å². The summed E-state index contributed by atoms with van der Waals surface area (Å²) in [6, 6.07) is 13.9. The lowest BCUT2D eigenvalue weighted by Crippen LogP contribution is -2.44. The van der Waals surface area contributed by atoms with Crippen LogP contribution in [-0.2, 0) is 4.79 Å². The summed E-state index contributed by atoms with van der Waals surface area (Å²) >= 11 is 0. The predicted octanol–water partition coefficient (Wildman–Crippen LogP) is 2.05. The van der Waals surface area contributed by atoms with Crippen molar-refractivity contribution in [2.24, 2.45) is 0 Å². The van der Waals surface area contributed by atoms with Gasteiger partial charge >= 0.3 is 0 Å². The third-order valence-electron chi connectivity index (χ3n) is 4.29. The molecule has 2 aromatic carbocycles. The van der Waals surface area contributed by atoms with E-state index >= 15 is 0 Å². The number of hydrogen-bond acceptors (Lipinski definition) is 4. The molecule has 2 aromatic rings. The van der Waals surface area contributed by atoms with Crippen LogP contribution < -0.4 is 15.4 Å². The Kier molecular flexibility index (Phi) is 7.98. The highest BCUT2D eigenvalue weighted by atomic mass is 35.5. The largest absolute Gasteiger partial charge is 0.483 e. The highest BCUT2D eigenvalue weighted by Gasteiger charge is 2.09. The van der Waals surface area contributed by atoms with Gasteiger partial charge in [-0.05, 0) is 24.4 Å². The normalized spacial score (nSPS) is 14.7. The van der Waals surface area contributed by atoms with E-state index in [1.807, 2.05) is 42.5 Å². The van der Waals surface area contributed by atoms with Gasteiger partial charge in [-0.2, -0.15) is 0 Å². The lowest BCUT2D eigenvalue weighted by molar-refractivity contribution is -0.123. The van der Waals surface area contributed by atoms with Crippen LogP contribution in [0.1, 0.15) is 6.42 Å². The number of carbonyl (C=O) groups is 1. The summed E-state index contributed by atoms with van der Waals surface area (Å²) < 4.78 is 5.70. The standard InChI is InChI=1S/C19H25N3O2.ClH/c23-19(21-9-4-12-22-13-10-20-11-14-22)15-24-18-8-3-6-16-5-1-2-7-17(16)18;/h1-3,5-8,20H,4,9-15H2,(H,21,23);1H. The fourth-order valence-electron chi connectivity index (χ4n) is 2.98. The van der Waals surface area contributed by atoms with Gasteiger partial charge in [-0.1, -0.05) is 36.4 Å². The van der Waals surface area contributed by atoms with Gasteiger partial charge in [-0.15, -0.1) is 12.4 Å². The van der Waals surface area contributed by atoms with E-state index in [9.17, 15) is 4.79 Å². The highest BCUT2D eigenvalue weighted by molar-refractivity contribution is 5.88. The number of piperazine rings is 1. The molecule has 2 N–H and O–H groups in total. The Bertz CT molecular complexity index is 669. The van der Waals surface area contributed by atoms with Gasteiger partial charge in [-0.25, -0.2) is 0 Å². The lowest BCUT2D eigenvalue weighted by atomic mass is 10.1. The number of carbonyl (C=O) groups excluding carboxylic acids is 1. The first kappa shape index (κ1) is 19.5. The number of amides is 1. The molecule has 1 saturated heterocycles. The smallest absolute Gasteiger partial charge is 0.257 e. The van der Waals surface area contributed by atoms with Gasteiger partial charge in [0.2, 0.25) is 0 Å². The third kappa shape index (κ3) is 5.88. The number of benzene rings is 2. The topological polar surface area (TPSA) is 53.6 Å². The van der Waals surface area contributed by atoms with Crippen LogP contribution in [0.25, 0.3) is 10.8 Å². The summed E-state index contributed by atoms with van der Waals surface area (Å²) in [6.45, 7) is 6.10. The van der Waals surface area contributed by atoms with E-state index in [2.05, 4.69) is 15.5 Å². The summed E-state index contributed by atoms with van der Waals surface area (Å²) in [4.78, 5) is 14.4. The van der Waals surface area contributed by atoms with Crippen molar-refractivity contribution in [3.63, 3.8) is 0 Å². The molecular formula is C19H26ClN3O2. The van der Waals surface area contributed by atoms with E-state index < -0.39 is 0 Å². The van der Waals surface area contributed by atoms with Gasteiger partial charge in [0.25, 0.3) is 5.91 Å². The van der Waals surface area contributed by atoms with Crippen LogP contribution in [0.2, 0.25) is 0 Å². The average Bonchev–Trinajstić information content (AvgIpc) is 2.64. The van der Waals surface area contributed by atoms with Gasteiger partial charge in [0.1, 0.15) is 5.75 Å². The van der Waals surface area contributed by atoms with Crippen LogP contribution >= 0.6 is 12.4 Å². The van der Waals surface area contributed by atoms with E-state index in [0.29, 0.717) is 6.54 Å². The maximum atomic E-state index is 11.9. The third-order valence-corrected chi connectivity index (χ3v) is 4.29. The second-order valence-corrected chi connectivity index (χ2v) is 6.06. The molecule has 1 fully saturated rings.